The van der Waals surface area contributed by atoms with Gasteiger partial charge in [0.05, 0.1) is 0 Å². The first-order valence-corrected chi connectivity index (χ1v) is 6.25. The van der Waals surface area contributed by atoms with E-state index in [4.69, 9.17) is 0 Å². The molecule has 0 heterocycles. The molecule has 0 saturated heterocycles. The fourth-order valence-electron chi connectivity index (χ4n) is 1.44. The van der Waals surface area contributed by atoms with Gasteiger partial charge in [-0.3, -0.25) is 10.9 Å². The van der Waals surface area contributed by atoms with Crippen LogP contribution in [0.3, 0.4) is 0 Å². The zero-order valence-electron chi connectivity index (χ0n) is 11.4. The Morgan fingerprint density at radius 1 is 1.24 bits per heavy atom. The Morgan fingerprint density at radius 2 is 2.00 bits per heavy atom. The van der Waals surface area contributed by atoms with Gasteiger partial charge in [-0.1, -0.05) is 49.0 Å². The summed E-state index contributed by atoms with van der Waals surface area (Å²) in [5, 5.41) is 0. The average molecular weight is 234 g/mol. The first-order chi connectivity index (χ1) is 8.24. The zero-order chi connectivity index (χ0) is 12.9. The van der Waals surface area contributed by atoms with Gasteiger partial charge >= 0.3 is 0 Å². The lowest BCUT2D eigenvalue weighted by Crippen LogP contribution is -2.35. The molecule has 0 aromatic carbocycles. The number of nitrogens with one attached hydrogen (secondary N) is 2. The van der Waals surface area contributed by atoms with Gasteiger partial charge in [-0.15, -0.1) is 6.58 Å². The number of hydrogen-bond donors (Lipinski definition) is 2. The summed E-state index contributed by atoms with van der Waals surface area (Å²) in [5.41, 5.74) is 7.67. The van der Waals surface area contributed by atoms with Crippen LogP contribution in [0.25, 0.3) is 0 Å². The van der Waals surface area contributed by atoms with Crippen molar-refractivity contribution in [1.82, 2.24) is 10.9 Å². The number of hydrogen-bond acceptors (Lipinski definition) is 2. The summed E-state index contributed by atoms with van der Waals surface area (Å²) in [6.07, 6.45) is 13.5. The Labute approximate surface area is 106 Å². The summed E-state index contributed by atoms with van der Waals surface area (Å²) in [6, 6.07) is 0. The molecule has 0 bridgehead atoms. The number of hydrazine groups is 1. The molecule has 0 fully saturated rings. The normalized spacial score (nSPS) is 14.6. The Bertz CT molecular complexity index is 275. The third-order valence-electron chi connectivity index (χ3n) is 2.39. The molecular formula is C15H26N2. The molecule has 0 aromatic rings. The summed E-state index contributed by atoms with van der Waals surface area (Å²) in [4.78, 5) is 0. The Hall–Kier alpha value is -1.12. The highest BCUT2D eigenvalue weighted by atomic mass is 15.3. The van der Waals surface area contributed by atoms with Crippen LogP contribution in [-0.4, -0.2) is 13.1 Å². The molecule has 17 heavy (non-hydrogen) atoms. The molecule has 0 spiro atoms. The fraction of sp³-hybridized carbons (Fsp3) is 0.467. The third kappa shape index (κ3) is 9.79. The number of rotatable bonds is 9. The van der Waals surface area contributed by atoms with Crippen LogP contribution in [-0.2, 0) is 0 Å². The summed E-state index contributed by atoms with van der Waals surface area (Å²) in [5.74, 6) is 0.605. The third-order valence-corrected chi connectivity index (χ3v) is 2.39. The topological polar surface area (TPSA) is 24.1 Å². The van der Waals surface area contributed by atoms with Crippen LogP contribution < -0.4 is 10.9 Å². The minimum absolute atomic E-state index is 0.605. The Morgan fingerprint density at radius 3 is 2.59 bits per heavy atom. The van der Waals surface area contributed by atoms with E-state index in [1.807, 2.05) is 19.1 Å². The van der Waals surface area contributed by atoms with Gasteiger partial charge in [0.2, 0.25) is 0 Å². The van der Waals surface area contributed by atoms with Gasteiger partial charge in [0.1, 0.15) is 0 Å². The first kappa shape index (κ1) is 15.9. The molecular weight excluding hydrogens is 208 g/mol. The molecule has 0 aliphatic heterocycles. The average Bonchev–Trinajstić information content (AvgIpc) is 2.33. The Kier molecular flexibility index (Phi) is 10.6. The van der Waals surface area contributed by atoms with E-state index < -0.39 is 0 Å². The van der Waals surface area contributed by atoms with Crippen molar-refractivity contribution < 1.29 is 0 Å². The monoisotopic (exact) mass is 234 g/mol. The molecule has 0 radical (unpaired) electrons. The van der Waals surface area contributed by atoms with Crippen LogP contribution in [0, 0.1) is 5.92 Å². The molecule has 0 saturated carbocycles. The second-order valence-electron chi connectivity index (χ2n) is 4.11. The fourth-order valence-corrected chi connectivity index (χ4v) is 1.44. The predicted octanol–water partition coefficient (Wildman–Crippen LogP) is 3.37. The van der Waals surface area contributed by atoms with Crippen molar-refractivity contribution in [2.24, 2.45) is 5.92 Å². The SMILES string of the molecule is C=CCNNCC(C)CC(/C=C\C=C/C)=C/C. The van der Waals surface area contributed by atoms with Crippen molar-refractivity contribution >= 4 is 0 Å². The zero-order valence-corrected chi connectivity index (χ0v) is 11.4. The van der Waals surface area contributed by atoms with E-state index in [0.29, 0.717) is 5.92 Å². The van der Waals surface area contributed by atoms with E-state index >= 15 is 0 Å². The maximum atomic E-state index is 3.65. The second-order valence-corrected chi connectivity index (χ2v) is 4.11. The van der Waals surface area contributed by atoms with Crippen molar-refractivity contribution in [1.29, 1.82) is 0 Å². The molecule has 0 aliphatic carbocycles. The molecule has 1 atom stereocenters. The first-order valence-electron chi connectivity index (χ1n) is 6.25. The van der Waals surface area contributed by atoms with E-state index in [1.165, 1.54) is 5.57 Å². The highest BCUT2D eigenvalue weighted by Gasteiger charge is 2.02. The summed E-state index contributed by atoms with van der Waals surface area (Å²) >= 11 is 0. The van der Waals surface area contributed by atoms with Crippen LogP contribution in [0.5, 0.6) is 0 Å². The van der Waals surface area contributed by atoms with Gasteiger partial charge in [0.15, 0.2) is 0 Å². The number of allylic oxidation sites excluding steroid dienone is 6. The smallest absolute Gasteiger partial charge is 0.0278 e. The minimum Gasteiger partial charge on any atom is -0.257 e. The van der Waals surface area contributed by atoms with Crippen LogP contribution >= 0.6 is 0 Å². The van der Waals surface area contributed by atoms with E-state index in [9.17, 15) is 0 Å². The summed E-state index contributed by atoms with van der Waals surface area (Å²) < 4.78 is 0. The molecule has 2 heteroatoms. The lowest BCUT2D eigenvalue weighted by molar-refractivity contribution is 0.463. The van der Waals surface area contributed by atoms with Gasteiger partial charge in [-0.2, -0.15) is 0 Å². The highest BCUT2D eigenvalue weighted by Crippen LogP contribution is 2.11. The van der Waals surface area contributed by atoms with E-state index in [1.54, 1.807) is 0 Å². The molecule has 2 N–H and O–H groups in total. The standard InChI is InChI=1S/C15H26N2/c1-5-8-9-10-15(7-3)12-14(4)13-17-16-11-6-2/h5-10,14,16-17H,2,11-13H2,1,3-4H3/b8-5-,10-9-,15-7+. The van der Waals surface area contributed by atoms with Crippen LogP contribution in [0.4, 0.5) is 0 Å². The maximum absolute atomic E-state index is 3.65. The van der Waals surface area contributed by atoms with Gasteiger partial charge in [0, 0.05) is 13.1 Å². The van der Waals surface area contributed by atoms with Crippen molar-refractivity contribution in [3.8, 4) is 0 Å². The molecule has 0 aromatic heterocycles. The lowest BCUT2D eigenvalue weighted by atomic mass is 10.0. The molecule has 0 amide bonds. The van der Waals surface area contributed by atoms with Crippen LogP contribution in [0.1, 0.15) is 27.2 Å². The van der Waals surface area contributed by atoms with E-state index in [0.717, 1.165) is 19.5 Å². The maximum Gasteiger partial charge on any atom is 0.0278 e. The predicted molar refractivity (Wildman–Crippen MR) is 77.7 cm³/mol. The van der Waals surface area contributed by atoms with E-state index in [2.05, 4.69) is 55.6 Å². The minimum atomic E-state index is 0.605. The summed E-state index contributed by atoms with van der Waals surface area (Å²) in [6.45, 7) is 11.8. The van der Waals surface area contributed by atoms with Crippen LogP contribution in [0.2, 0.25) is 0 Å². The van der Waals surface area contributed by atoms with E-state index in [-0.39, 0.29) is 0 Å². The Balaban J connectivity index is 3.90. The largest absolute Gasteiger partial charge is 0.257 e. The lowest BCUT2D eigenvalue weighted by Gasteiger charge is -2.13. The van der Waals surface area contributed by atoms with Crippen molar-refractivity contribution in [2.45, 2.75) is 27.2 Å². The van der Waals surface area contributed by atoms with Gasteiger partial charge < -0.3 is 0 Å². The summed E-state index contributed by atoms with van der Waals surface area (Å²) in [7, 11) is 0. The highest BCUT2D eigenvalue weighted by molar-refractivity contribution is 5.21. The van der Waals surface area contributed by atoms with Crippen LogP contribution in [0.15, 0.2) is 48.6 Å². The van der Waals surface area contributed by atoms with Crippen molar-refractivity contribution in [3.05, 3.63) is 48.6 Å². The molecule has 96 valence electrons. The van der Waals surface area contributed by atoms with Gasteiger partial charge in [-0.25, -0.2) is 0 Å². The van der Waals surface area contributed by atoms with Crippen molar-refractivity contribution in [3.63, 3.8) is 0 Å². The second kappa shape index (κ2) is 11.4. The van der Waals surface area contributed by atoms with Crippen molar-refractivity contribution in [2.75, 3.05) is 13.1 Å². The molecule has 1 unspecified atom stereocenters. The molecule has 0 rings (SSSR count). The molecule has 2 nitrogen and oxygen atoms in total. The van der Waals surface area contributed by atoms with Gasteiger partial charge in [0.25, 0.3) is 0 Å². The quantitative estimate of drug-likeness (QED) is 0.277. The van der Waals surface area contributed by atoms with Gasteiger partial charge in [-0.05, 0) is 26.2 Å². The molecule has 0 aliphatic rings.